The fraction of sp³-hybridized carbons (Fsp3) is 0.700. The van der Waals surface area contributed by atoms with Crippen LogP contribution in [-0.2, 0) is 11.2 Å². The molecule has 5 heteroatoms. The van der Waals surface area contributed by atoms with E-state index in [9.17, 15) is 0 Å². The summed E-state index contributed by atoms with van der Waals surface area (Å²) in [6.45, 7) is 2.14. The van der Waals surface area contributed by atoms with Gasteiger partial charge in [0.25, 0.3) is 0 Å². The number of hydrogen-bond donors (Lipinski definition) is 2. The van der Waals surface area contributed by atoms with Crippen molar-refractivity contribution in [3.8, 4) is 0 Å². The maximum absolute atomic E-state index is 5.54. The first-order valence-corrected chi connectivity index (χ1v) is 6.07. The van der Waals surface area contributed by atoms with Crippen molar-refractivity contribution in [2.75, 3.05) is 7.11 Å². The first-order chi connectivity index (χ1) is 7.31. The molecule has 0 amide bonds. The molecule has 0 aliphatic carbocycles. The van der Waals surface area contributed by atoms with Crippen molar-refractivity contribution in [1.82, 2.24) is 10.4 Å². The van der Waals surface area contributed by atoms with E-state index in [-0.39, 0.29) is 12.1 Å². The molecule has 2 atom stereocenters. The van der Waals surface area contributed by atoms with Gasteiger partial charge in [0.2, 0.25) is 0 Å². The molecule has 2 unspecified atom stereocenters. The molecule has 0 saturated carbocycles. The van der Waals surface area contributed by atoms with Gasteiger partial charge in [0.1, 0.15) is 0 Å². The Labute approximate surface area is 94.8 Å². The zero-order valence-electron chi connectivity index (χ0n) is 9.27. The van der Waals surface area contributed by atoms with E-state index in [4.69, 9.17) is 10.6 Å². The Morgan fingerprint density at radius 2 is 2.47 bits per heavy atom. The second-order valence-electron chi connectivity index (χ2n) is 3.47. The number of nitrogens with one attached hydrogen (secondary N) is 1. The van der Waals surface area contributed by atoms with Gasteiger partial charge in [0, 0.05) is 25.1 Å². The second kappa shape index (κ2) is 6.90. The molecule has 0 aliphatic heterocycles. The number of hydrazine groups is 1. The average molecular weight is 229 g/mol. The van der Waals surface area contributed by atoms with Gasteiger partial charge in [-0.05, 0) is 6.42 Å². The Hall–Kier alpha value is -0.490. The fourth-order valence-electron chi connectivity index (χ4n) is 1.61. The molecule has 15 heavy (non-hydrogen) atoms. The number of rotatable bonds is 7. The topological polar surface area (TPSA) is 60.2 Å². The fourth-order valence-corrected chi connectivity index (χ4v) is 2.28. The third-order valence-corrected chi connectivity index (χ3v) is 3.22. The van der Waals surface area contributed by atoms with Crippen LogP contribution in [0.25, 0.3) is 0 Å². The van der Waals surface area contributed by atoms with Gasteiger partial charge < -0.3 is 4.74 Å². The smallest absolute Gasteiger partial charge is 0.0941 e. The maximum atomic E-state index is 5.54. The lowest BCUT2D eigenvalue weighted by Crippen LogP contribution is -2.46. The van der Waals surface area contributed by atoms with Crippen LogP contribution < -0.4 is 11.3 Å². The van der Waals surface area contributed by atoms with Crippen LogP contribution in [0.5, 0.6) is 0 Å². The number of methoxy groups -OCH3 is 1. The molecule has 3 N–H and O–H groups in total. The monoisotopic (exact) mass is 229 g/mol. The zero-order chi connectivity index (χ0) is 11.1. The van der Waals surface area contributed by atoms with E-state index < -0.39 is 0 Å². The van der Waals surface area contributed by atoms with Crippen molar-refractivity contribution in [3.05, 3.63) is 16.6 Å². The minimum atomic E-state index is 0.140. The van der Waals surface area contributed by atoms with Crippen LogP contribution in [-0.4, -0.2) is 24.2 Å². The molecule has 0 bridgehead atoms. The summed E-state index contributed by atoms with van der Waals surface area (Å²) in [4.78, 5) is 4.25. The lowest BCUT2D eigenvalue weighted by atomic mass is 10.0. The van der Waals surface area contributed by atoms with Gasteiger partial charge in [-0.15, -0.1) is 11.3 Å². The number of aromatic nitrogens is 1. The van der Waals surface area contributed by atoms with Crippen molar-refractivity contribution in [2.45, 2.75) is 38.3 Å². The molecule has 1 heterocycles. The Bertz CT molecular complexity index is 253. The largest absolute Gasteiger partial charge is 0.380 e. The summed E-state index contributed by atoms with van der Waals surface area (Å²) in [6, 6.07) is 0.140. The van der Waals surface area contributed by atoms with E-state index in [0.717, 1.165) is 24.3 Å². The lowest BCUT2D eigenvalue weighted by Gasteiger charge is -2.24. The average Bonchev–Trinajstić information content (AvgIpc) is 2.75. The number of thiazole rings is 1. The number of ether oxygens (including phenoxy) is 1. The SMILES string of the molecule is CCCC(OC)C(Cc1nccs1)NN. The summed E-state index contributed by atoms with van der Waals surface area (Å²) in [5.41, 5.74) is 2.82. The number of hydrogen-bond acceptors (Lipinski definition) is 5. The summed E-state index contributed by atoms with van der Waals surface area (Å²) < 4.78 is 5.43. The van der Waals surface area contributed by atoms with Gasteiger partial charge in [0.15, 0.2) is 0 Å². The van der Waals surface area contributed by atoms with Gasteiger partial charge in [-0.3, -0.25) is 11.3 Å². The molecule has 4 nitrogen and oxygen atoms in total. The van der Waals surface area contributed by atoms with Gasteiger partial charge in [-0.25, -0.2) is 4.98 Å². The molecule has 0 aromatic carbocycles. The minimum absolute atomic E-state index is 0.140. The molecule has 0 radical (unpaired) electrons. The molecule has 86 valence electrons. The number of nitrogens with zero attached hydrogens (tertiary/aromatic N) is 1. The van der Waals surface area contributed by atoms with E-state index >= 15 is 0 Å². The highest BCUT2D eigenvalue weighted by atomic mass is 32.1. The molecule has 1 rings (SSSR count). The molecule has 1 aromatic heterocycles. The van der Waals surface area contributed by atoms with Crippen molar-refractivity contribution >= 4 is 11.3 Å². The second-order valence-corrected chi connectivity index (χ2v) is 4.45. The van der Waals surface area contributed by atoms with Crippen LogP contribution in [0.4, 0.5) is 0 Å². The summed E-state index contributed by atoms with van der Waals surface area (Å²) in [5.74, 6) is 5.54. The number of nitrogens with two attached hydrogens (primary N) is 1. The Morgan fingerprint density at radius 1 is 1.67 bits per heavy atom. The highest BCUT2D eigenvalue weighted by molar-refractivity contribution is 7.09. The third kappa shape index (κ3) is 3.87. The quantitative estimate of drug-likeness (QED) is 0.547. The summed E-state index contributed by atoms with van der Waals surface area (Å²) in [7, 11) is 1.73. The molecular formula is C10H19N3OS. The predicted octanol–water partition coefficient (Wildman–Crippen LogP) is 1.33. The lowest BCUT2D eigenvalue weighted by molar-refractivity contribution is 0.0609. The summed E-state index contributed by atoms with van der Waals surface area (Å²) in [6.07, 6.45) is 4.90. The van der Waals surface area contributed by atoms with Crippen LogP contribution in [0.15, 0.2) is 11.6 Å². The van der Waals surface area contributed by atoms with E-state index in [1.807, 2.05) is 11.6 Å². The standard InChI is InChI=1S/C10H19N3OS/c1-3-4-9(14-2)8(13-11)7-10-12-5-6-15-10/h5-6,8-9,13H,3-4,7,11H2,1-2H3. The van der Waals surface area contributed by atoms with Crippen molar-refractivity contribution in [2.24, 2.45) is 5.84 Å². The van der Waals surface area contributed by atoms with Crippen molar-refractivity contribution in [3.63, 3.8) is 0 Å². The highest BCUT2D eigenvalue weighted by Gasteiger charge is 2.20. The molecule has 0 fully saturated rings. The van der Waals surface area contributed by atoms with Gasteiger partial charge >= 0.3 is 0 Å². The Kier molecular flexibility index (Phi) is 5.78. The van der Waals surface area contributed by atoms with Crippen molar-refractivity contribution < 1.29 is 4.74 Å². The molecule has 0 spiro atoms. The Morgan fingerprint density at radius 3 is 2.93 bits per heavy atom. The Balaban J connectivity index is 2.53. The van der Waals surface area contributed by atoms with E-state index in [1.54, 1.807) is 18.4 Å². The highest BCUT2D eigenvalue weighted by Crippen LogP contribution is 2.13. The van der Waals surface area contributed by atoms with Crippen LogP contribution in [0.3, 0.4) is 0 Å². The zero-order valence-corrected chi connectivity index (χ0v) is 10.1. The minimum Gasteiger partial charge on any atom is -0.380 e. The first kappa shape index (κ1) is 12.6. The van der Waals surface area contributed by atoms with E-state index in [0.29, 0.717) is 0 Å². The van der Waals surface area contributed by atoms with Gasteiger partial charge in [0.05, 0.1) is 17.2 Å². The summed E-state index contributed by atoms with van der Waals surface area (Å²) in [5, 5.41) is 3.07. The predicted molar refractivity (Wildman–Crippen MR) is 62.6 cm³/mol. The van der Waals surface area contributed by atoms with Crippen LogP contribution in [0.2, 0.25) is 0 Å². The third-order valence-electron chi connectivity index (χ3n) is 2.42. The molecule has 0 saturated heterocycles. The van der Waals surface area contributed by atoms with E-state index in [2.05, 4.69) is 17.3 Å². The maximum Gasteiger partial charge on any atom is 0.0941 e. The van der Waals surface area contributed by atoms with Crippen molar-refractivity contribution in [1.29, 1.82) is 0 Å². The van der Waals surface area contributed by atoms with Gasteiger partial charge in [-0.2, -0.15) is 0 Å². The van der Waals surface area contributed by atoms with E-state index in [1.165, 1.54) is 0 Å². The van der Waals surface area contributed by atoms with Crippen LogP contribution in [0, 0.1) is 0 Å². The normalized spacial score (nSPS) is 15.1. The van der Waals surface area contributed by atoms with Gasteiger partial charge in [-0.1, -0.05) is 13.3 Å². The molecule has 0 aliphatic rings. The summed E-state index contributed by atoms with van der Waals surface area (Å²) >= 11 is 1.65. The van der Waals surface area contributed by atoms with Crippen LogP contribution in [0.1, 0.15) is 24.8 Å². The van der Waals surface area contributed by atoms with Crippen LogP contribution >= 0.6 is 11.3 Å². The molecule has 1 aromatic rings. The first-order valence-electron chi connectivity index (χ1n) is 5.19. The molecular weight excluding hydrogens is 210 g/mol.